The highest BCUT2D eigenvalue weighted by Crippen LogP contribution is 2.23. The highest BCUT2D eigenvalue weighted by molar-refractivity contribution is 5.21. The molecule has 72 valence electrons. The largest absolute Gasteiger partial charge is 0.385 e. The number of aliphatic hydroxyl groups is 1. The van der Waals surface area contributed by atoms with E-state index >= 15 is 0 Å². The van der Waals surface area contributed by atoms with Gasteiger partial charge in [-0.3, -0.25) is 0 Å². The fourth-order valence-electron chi connectivity index (χ4n) is 1.24. The highest BCUT2D eigenvalue weighted by Gasteiger charge is 2.21. The molecule has 0 radical (unpaired) electrons. The van der Waals surface area contributed by atoms with Gasteiger partial charge in [0.15, 0.2) is 0 Å². The molecule has 0 fully saturated rings. The van der Waals surface area contributed by atoms with Gasteiger partial charge in [-0.15, -0.1) is 0 Å². The van der Waals surface area contributed by atoms with Gasteiger partial charge in [0, 0.05) is 20.1 Å². The number of rotatable bonds is 4. The highest BCUT2D eigenvalue weighted by atomic mass is 16.5. The molecule has 0 spiro atoms. The average molecular weight is 180 g/mol. The molecule has 1 atom stereocenters. The van der Waals surface area contributed by atoms with E-state index in [4.69, 9.17) is 4.74 Å². The number of hydrogen-bond acceptors (Lipinski definition) is 2. The van der Waals surface area contributed by atoms with Crippen molar-refractivity contribution in [3.8, 4) is 0 Å². The predicted molar refractivity (Wildman–Crippen MR) is 52.5 cm³/mol. The molecule has 2 nitrogen and oxygen atoms in total. The van der Waals surface area contributed by atoms with E-state index in [1.807, 2.05) is 30.3 Å². The second kappa shape index (κ2) is 4.40. The quantitative estimate of drug-likeness (QED) is 0.767. The van der Waals surface area contributed by atoms with Crippen LogP contribution in [-0.2, 0) is 10.3 Å². The zero-order valence-electron chi connectivity index (χ0n) is 8.16. The van der Waals surface area contributed by atoms with Crippen molar-refractivity contribution in [3.05, 3.63) is 35.9 Å². The van der Waals surface area contributed by atoms with Crippen LogP contribution in [0.15, 0.2) is 30.3 Å². The van der Waals surface area contributed by atoms with Crippen molar-refractivity contribution in [3.63, 3.8) is 0 Å². The molecule has 0 saturated heterocycles. The standard InChI is InChI=1S/C11H16O2/c1-11(12,8-9-13-2)10-6-4-3-5-7-10/h3-7,12H,8-9H2,1-2H3. The predicted octanol–water partition coefficient (Wildman–Crippen LogP) is 1.93. The van der Waals surface area contributed by atoms with Gasteiger partial charge < -0.3 is 9.84 Å². The Morgan fingerprint density at radius 1 is 1.31 bits per heavy atom. The van der Waals surface area contributed by atoms with E-state index < -0.39 is 5.60 Å². The van der Waals surface area contributed by atoms with Crippen LogP contribution in [0.3, 0.4) is 0 Å². The molecule has 0 heterocycles. The third-order valence-corrected chi connectivity index (χ3v) is 2.19. The molecule has 13 heavy (non-hydrogen) atoms. The van der Waals surface area contributed by atoms with Crippen molar-refractivity contribution in [2.24, 2.45) is 0 Å². The number of methoxy groups -OCH3 is 1. The summed E-state index contributed by atoms with van der Waals surface area (Å²) in [6, 6.07) is 9.65. The first kappa shape index (κ1) is 10.2. The van der Waals surface area contributed by atoms with Crippen molar-refractivity contribution in [2.75, 3.05) is 13.7 Å². The summed E-state index contributed by atoms with van der Waals surface area (Å²) in [6.07, 6.45) is 0.619. The van der Waals surface area contributed by atoms with Gasteiger partial charge in [-0.25, -0.2) is 0 Å². The second-order valence-electron chi connectivity index (χ2n) is 3.38. The molecule has 1 aromatic carbocycles. The van der Waals surface area contributed by atoms with Crippen LogP contribution in [0.2, 0.25) is 0 Å². The normalized spacial score (nSPS) is 15.3. The molecule has 0 saturated carbocycles. The van der Waals surface area contributed by atoms with Gasteiger partial charge in [-0.1, -0.05) is 30.3 Å². The van der Waals surface area contributed by atoms with Gasteiger partial charge in [-0.05, 0) is 12.5 Å². The van der Waals surface area contributed by atoms with Crippen LogP contribution in [0.5, 0.6) is 0 Å². The van der Waals surface area contributed by atoms with Gasteiger partial charge in [0.2, 0.25) is 0 Å². The Kier molecular flexibility index (Phi) is 3.46. The maximum atomic E-state index is 10.0. The SMILES string of the molecule is COCCC(C)(O)c1ccccc1. The van der Waals surface area contributed by atoms with Crippen LogP contribution in [-0.4, -0.2) is 18.8 Å². The zero-order chi connectivity index (χ0) is 9.73. The number of hydrogen-bond donors (Lipinski definition) is 1. The van der Waals surface area contributed by atoms with Gasteiger partial charge >= 0.3 is 0 Å². The van der Waals surface area contributed by atoms with Crippen molar-refractivity contribution in [1.82, 2.24) is 0 Å². The minimum absolute atomic E-state index is 0.571. The smallest absolute Gasteiger partial charge is 0.0890 e. The summed E-state index contributed by atoms with van der Waals surface area (Å²) < 4.78 is 4.94. The minimum Gasteiger partial charge on any atom is -0.385 e. The monoisotopic (exact) mass is 180 g/mol. The third kappa shape index (κ3) is 2.83. The van der Waals surface area contributed by atoms with Crippen molar-refractivity contribution in [1.29, 1.82) is 0 Å². The van der Waals surface area contributed by atoms with Crippen molar-refractivity contribution >= 4 is 0 Å². The number of ether oxygens (including phenoxy) is 1. The molecule has 0 aliphatic rings. The molecule has 1 aromatic rings. The summed E-state index contributed by atoms with van der Waals surface area (Å²) in [6.45, 7) is 2.38. The summed E-state index contributed by atoms with van der Waals surface area (Å²) >= 11 is 0. The second-order valence-corrected chi connectivity index (χ2v) is 3.38. The van der Waals surface area contributed by atoms with Gasteiger partial charge in [-0.2, -0.15) is 0 Å². The lowest BCUT2D eigenvalue weighted by Gasteiger charge is -2.23. The van der Waals surface area contributed by atoms with Crippen LogP contribution in [0.25, 0.3) is 0 Å². The molecule has 0 aliphatic carbocycles. The molecule has 1 unspecified atom stereocenters. The summed E-state index contributed by atoms with van der Waals surface area (Å²) in [5.74, 6) is 0. The van der Waals surface area contributed by atoms with E-state index in [0.29, 0.717) is 13.0 Å². The summed E-state index contributed by atoms with van der Waals surface area (Å²) in [4.78, 5) is 0. The Hall–Kier alpha value is -0.860. The Balaban J connectivity index is 2.69. The average Bonchev–Trinajstić information content (AvgIpc) is 2.16. The lowest BCUT2D eigenvalue weighted by atomic mass is 9.93. The maximum absolute atomic E-state index is 10.0. The molecule has 0 bridgehead atoms. The fourth-order valence-corrected chi connectivity index (χ4v) is 1.24. The van der Waals surface area contributed by atoms with Crippen LogP contribution >= 0.6 is 0 Å². The van der Waals surface area contributed by atoms with E-state index in [0.717, 1.165) is 5.56 Å². The fraction of sp³-hybridized carbons (Fsp3) is 0.455. The summed E-state index contributed by atoms with van der Waals surface area (Å²) in [5, 5.41) is 10.0. The Bertz CT molecular complexity index is 242. The van der Waals surface area contributed by atoms with Gasteiger partial charge in [0.1, 0.15) is 0 Å². The first-order valence-corrected chi connectivity index (χ1v) is 4.43. The van der Waals surface area contributed by atoms with E-state index in [2.05, 4.69) is 0 Å². The topological polar surface area (TPSA) is 29.5 Å². The van der Waals surface area contributed by atoms with Crippen LogP contribution in [0, 0.1) is 0 Å². The Morgan fingerprint density at radius 3 is 2.46 bits per heavy atom. The number of benzene rings is 1. The summed E-state index contributed by atoms with van der Waals surface area (Å²) in [7, 11) is 1.64. The maximum Gasteiger partial charge on any atom is 0.0890 e. The molecule has 1 N–H and O–H groups in total. The van der Waals surface area contributed by atoms with E-state index in [-0.39, 0.29) is 0 Å². The molecular formula is C11H16O2. The summed E-state index contributed by atoms with van der Waals surface area (Å²) in [5.41, 5.74) is 0.157. The van der Waals surface area contributed by atoms with Crippen LogP contribution in [0.4, 0.5) is 0 Å². The lowest BCUT2D eigenvalue weighted by Crippen LogP contribution is -2.22. The van der Waals surface area contributed by atoms with Gasteiger partial charge in [0.05, 0.1) is 5.60 Å². The van der Waals surface area contributed by atoms with Crippen molar-refractivity contribution in [2.45, 2.75) is 18.9 Å². The molecule has 0 amide bonds. The molecule has 2 heteroatoms. The lowest BCUT2D eigenvalue weighted by molar-refractivity contribution is 0.0210. The first-order chi connectivity index (χ1) is 6.17. The van der Waals surface area contributed by atoms with E-state index in [1.54, 1.807) is 14.0 Å². The molecular weight excluding hydrogens is 164 g/mol. The van der Waals surface area contributed by atoms with E-state index in [1.165, 1.54) is 0 Å². The third-order valence-electron chi connectivity index (χ3n) is 2.19. The molecule has 0 aliphatic heterocycles. The Labute approximate surface area is 79.2 Å². The minimum atomic E-state index is -0.780. The van der Waals surface area contributed by atoms with Gasteiger partial charge in [0.25, 0.3) is 0 Å². The van der Waals surface area contributed by atoms with Crippen LogP contribution in [0.1, 0.15) is 18.9 Å². The Morgan fingerprint density at radius 2 is 1.92 bits per heavy atom. The van der Waals surface area contributed by atoms with Crippen molar-refractivity contribution < 1.29 is 9.84 Å². The zero-order valence-corrected chi connectivity index (χ0v) is 8.16. The molecule has 1 rings (SSSR count). The molecule has 0 aromatic heterocycles. The van der Waals surface area contributed by atoms with E-state index in [9.17, 15) is 5.11 Å². The van der Waals surface area contributed by atoms with Crippen LogP contribution < -0.4 is 0 Å². The first-order valence-electron chi connectivity index (χ1n) is 4.43.